The summed E-state index contributed by atoms with van der Waals surface area (Å²) >= 11 is 0. The van der Waals surface area contributed by atoms with Gasteiger partial charge in [-0.05, 0) is 58.2 Å². The van der Waals surface area contributed by atoms with Gasteiger partial charge in [0.1, 0.15) is 5.82 Å². The van der Waals surface area contributed by atoms with Gasteiger partial charge in [0.05, 0.1) is 35.0 Å². The molecule has 2 aliphatic rings. The highest BCUT2D eigenvalue weighted by Gasteiger charge is 2.52. The number of benzene rings is 1. The number of pyridine rings is 1. The van der Waals surface area contributed by atoms with Crippen LogP contribution in [-0.2, 0) is 16.6 Å². The third kappa shape index (κ3) is 5.09. The maximum absolute atomic E-state index is 13.9. The van der Waals surface area contributed by atoms with Crippen molar-refractivity contribution in [3.8, 4) is 11.5 Å². The molecule has 0 amide bonds. The van der Waals surface area contributed by atoms with Crippen LogP contribution in [0.5, 0.6) is 11.5 Å². The van der Waals surface area contributed by atoms with Gasteiger partial charge >= 0.3 is 0 Å². The third-order valence-electron chi connectivity index (χ3n) is 6.37. The topological polar surface area (TPSA) is 83.0 Å². The normalized spacial score (nSPS) is 24.8. The van der Waals surface area contributed by atoms with Crippen molar-refractivity contribution in [3.63, 3.8) is 0 Å². The molecule has 2 fully saturated rings. The summed E-state index contributed by atoms with van der Waals surface area (Å²) in [6.45, 7) is 7.13. The van der Waals surface area contributed by atoms with Crippen LogP contribution in [0, 0.1) is 5.82 Å². The van der Waals surface area contributed by atoms with Crippen LogP contribution in [0.2, 0.25) is 0 Å². The fraction of sp³-hybridized carbons (Fsp3) is 0.542. The fourth-order valence-corrected chi connectivity index (χ4v) is 7.06. The molecule has 2 aromatic rings. The van der Waals surface area contributed by atoms with Crippen molar-refractivity contribution in [2.24, 2.45) is 0 Å². The number of aromatic nitrogens is 1. The van der Waals surface area contributed by atoms with Crippen molar-refractivity contribution in [2.75, 3.05) is 16.6 Å². The summed E-state index contributed by atoms with van der Waals surface area (Å²) in [5.74, 6) is 0.0504. The van der Waals surface area contributed by atoms with Crippen LogP contribution >= 0.6 is 0 Å². The van der Waals surface area contributed by atoms with Gasteiger partial charge in [-0.2, -0.15) is 0 Å². The van der Waals surface area contributed by atoms with Gasteiger partial charge in [-0.3, -0.25) is 14.2 Å². The van der Waals surface area contributed by atoms with Crippen LogP contribution in [0.15, 0.2) is 36.5 Å². The van der Waals surface area contributed by atoms with Gasteiger partial charge in [-0.25, -0.2) is 12.8 Å². The highest BCUT2D eigenvalue weighted by atomic mass is 32.2. The van der Waals surface area contributed by atoms with E-state index >= 15 is 0 Å². The third-order valence-corrected chi connectivity index (χ3v) is 8.25. The van der Waals surface area contributed by atoms with E-state index in [2.05, 4.69) is 16.8 Å². The number of nitrogens with zero attached hydrogens (tertiary/aromatic N) is 3. The van der Waals surface area contributed by atoms with E-state index in [0.717, 1.165) is 5.69 Å². The van der Waals surface area contributed by atoms with Gasteiger partial charge in [-0.15, -0.1) is 0 Å². The molecule has 182 valence electrons. The van der Waals surface area contributed by atoms with Crippen molar-refractivity contribution < 1.29 is 22.7 Å². The lowest BCUT2D eigenvalue weighted by molar-refractivity contribution is 0.101. The highest BCUT2D eigenvalue weighted by Crippen LogP contribution is 2.45. The smallest absolute Gasteiger partial charge is 0.235 e. The Hall–Kier alpha value is -2.39. The van der Waals surface area contributed by atoms with Crippen LogP contribution in [0.25, 0.3) is 0 Å². The van der Waals surface area contributed by atoms with E-state index in [1.54, 1.807) is 18.2 Å². The second-order valence-electron chi connectivity index (χ2n) is 9.12. The van der Waals surface area contributed by atoms with Gasteiger partial charge in [-0.1, -0.05) is 13.5 Å². The summed E-state index contributed by atoms with van der Waals surface area (Å²) in [7, 11) is -3.50. The van der Waals surface area contributed by atoms with E-state index in [1.165, 1.54) is 22.6 Å². The predicted molar refractivity (Wildman–Crippen MR) is 128 cm³/mol. The van der Waals surface area contributed by atoms with Crippen LogP contribution in [0.3, 0.4) is 0 Å². The average molecular weight is 480 g/mol. The molecule has 1 spiro atoms. The molecular formula is C24H34FN3O4S. The molecule has 1 aromatic carbocycles. The first-order valence-corrected chi connectivity index (χ1v) is 12.6. The minimum absolute atomic E-state index is 0. The molecule has 3 heterocycles. The van der Waals surface area contributed by atoms with Crippen LogP contribution in [-0.4, -0.2) is 53.4 Å². The van der Waals surface area contributed by atoms with Crippen molar-refractivity contribution in [1.82, 2.24) is 9.88 Å². The molecule has 9 heteroatoms. The van der Waals surface area contributed by atoms with Gasteiger partial charge in [0.15, 0.2) is 11.5 Å². The summed E-state index contributed by atoms with van der Waals surface area (Å²) in [5.41, 5.74) is 0.637. The van der Waals surface area contributed by atoms with Crippen LogP contribution < -0.4 is 9.04 Å². The molecule has 0 unspecified atom stereocenters. The number of halogens is 1. The maximum atomic E-state index is 13.9. The molecule has 2 saturated heterocycles. The first kappa shape index (κ1) is 25.2. The molecule has 4 rings (SSSR count). The Kier molecular flexibility index (Phi) is 7.24. The maximum Gasteiger partial charge on any atom is 0.235 e. The Morgan fingerprint density at radius 3 is 2.73 bits per heavy atom. The van der Waals surface area contributed by atoms with E-state index in [0.29, 0.717) is 43.8 Å². The van der Waals surface area contributed by atoms with Crippen molar-refractivity contribution in [3.05, 3.63) is 48.0 Å². The average Bonchev–Trinajstić information content (AvgIpc) is 2.96. The number of aromatic hydroxyl groups is 1. The minimum Gasteiger partial charge on any atom is -0.503 e. The van der Waals surface area contributed by atoms with Crippen molar-refractivity contribution >= 4 is 15.7 Å². The molecule has 0 saturated carbocycles. The number of ether oxygens (including phenoxy) is 1. The molecule has 1 aromatic heterocycles. The number of hydrogen-bond acceptors (Lipinski definition) is 6. The Bertz CT molecular complexity index is 1090. The van der Waals surface area contributed by atoms with Crippen molar-refractivity contribution in [1.29, 1.82) is 0 Å². The molecule has 1 N–H and O–H groups in total. The van der Waals surface area contributed by atoms with Crippen LogP contribution in [0.4, 0.5) is 10.1 Å². The zero-order chi connectivity index (χ0) is 23.1. The minimum atomic E-state index is -3.50. The second kappa shape index (κ2) is 9.46. The monoisotopic (exact) mass is 479 g/mol. The first-order chi connectivity index (χ1) is 15.1. The molecule has 2 atom stereocenters. The van der Waals surface area contributed by atoms with E-state index in [-0.39, 0.29) is 31.1 Å². The van der Waals surface area contributed by atoms with Crippen LogP contribution in [0.1, 0.15) is 53.2 Å². The zero-order valence-corrected chi connectivity index (χ0v) is 19.5. The van der Waals surface area contributed by atoms with Gasteiger partial charge in [0.25, 0.3) is 0 Å². The van der Waals surface area contributed by atoms with Gasteiger partial charge < -0.3 is 9.84 Å². The Morgan fingerprint density at radius 1 is 1.30 bits per heavy atom. The van der Waals surface area contributed by atoms with E-state index in [1.807, 2.05) is 13.8 Å². The lowest BCUT2D eigenvalue weighted by Crippen LogP contribution is -2.56. The predicted octanol–water partition coefficient (Wildman–Crippen LogP) is 4.31. The SMILES string of the molecule is C.CC(C)Oc1cc(CN2CC[C@]3(CCS(=O)(=O)N3c3cccc(F)c3)C[C@@H]2C)ncc1O. The Labute approximate surface area is 196 Å². The molecule has 0 bridgehead atoms. The Morgan fingerprint density at radius 2 is 2.06 bits per heavy atom. The molecule has 33 heavy (non-hydrogen) atoms. The van der Waals surface area contributed by atoms with E-state index in [4.69, 9.17) is 4.74 Å². The van der Waals surface area contributed by atoms with Crippen molar-refractivity contribution in [2.45, 2.75) is 71.7 Å². The second-order valence-corrected chi connectivity index (χ2v) is 11.1. The summed E-state index contributed by atoms with van der Waals surface area (Å²) in [5, 5.41) is 10.00. The molecule has 0 radical (unpaired) electrons. The first-order valence-electron chi connectivity index (χ1n) is 11.0. The molecular weight excluding hydrogens is 445 g/mol. The summed E-state index contributed by atoms with van der Waals surface area (Å²) < 4.78 is 46.9. The number of rotatable bonds is 5. The number of hydrogen-bond donors (Lipinski definition) is 1. The summed E-state index contributed by atoms with van der Waals surface area (Å²) in [6.07, 6.45) is 3.17. The molecule has 2 aliphatic heterocycles. The summed E-state index contributed by atoms with van der Waals surface area (Å²) in [4.78, 5) is 6.60. The quantitative estimate of drug-likeness (QED) is 0.688. The zero-order valence-electron chi connectivity index (χ0n) is 18.7. The largest absolute Gasteiger partial charge is 0.503 e. The van der Waals surface area contributed by atoms with E-state index < -0.39 is 21.4 Å². The van der Waals surface area contributed by atoms with Gasteiger partial charge in [0.2, 0.25) is 10.0 Å². The lowest BCUT2D eigenvalue weighted by Gasteiger charge is -2.47. The van der Waals surface area contributed by atoms with Gasteiger partial charge in [0, 0.05) is 25.2 Å². The summed E-state index contributed by atoms with van der Waals surface area (Å²) in [6, 6.07) is 7.70. The molecule has 7 nitrogen and oxygen atoms in total. The lowest BCUT2D eigenvalue weighted by atomic mass is 9.81. The number of sulfonamides is 1. The Balaban J connectivity index is 0.00000306. The number of likely N-dealkylation sites (tertiary alicyclic amines) is 1. The molecule has 0 aliphatic carbocycles. The fourth-order valence-electron chi connectivity index (χ4n) is 4.96. The number of anilines is 1. The highest BCUT2D eigenvalue weighted by molar-refractivity contribution is 7.93. The standard InChI is InChI=1S/C23H30FN3O4S.CH4/c1-16(2)31-22-12-19(25-14-21(22)28)15-26-9-7-23(13-17(26)3)8-10-32(29,30)27(23)20-6-4-5-18(24)11-20;/h4-6,11-12,14,16-17,28H,7-10,13,15H2,1-3H3;1H4/t17-,23-;/m0./s1. The number of piperidine rings is 1. The van der Waals surface area contributed by atoms with E-state index in [9.17, 15) is 17.9 Å².